The highest BCUT2D eigenvalue weighted by molar-refractivity contribution is 5.89. The average molecular weight is 800 g/mol. The predicted octanol–water partition coefficient (Wildman–Crippen LogP) is 4.12. The van der Waals surface area contributed by atoms with Crippen molar-refractivity contribution in [2.24, 2.45) is 0 Å². The molecule has 58 heavy (non-hydrogen) atoms. The minimum Gasteiger partial charge on any atom is -0.467 e. The highest BCUT2D eigenvalue weighted by Crippen LogP contribution is 2.36. The van der Waals surface area contributed by atoms with Gasteiger partial charge in [-0.1, -0.05) is 109 Å². The predicted molar refractivity (Wildman–Crippen MR) is 207 cm³/mol. The number of benzene rings is 4. The molecule has 0 spiro atoms. The van der Waals surface area contributed by atoms with Crippen molar-refractivity contribution in [1.29, 1.82) is 0 Å². The summed E-state index contributed by atoms with van der Waals surface area (Å²) >= 11 is 0. The van der Waals surface area contributed by atoms with Crippen LogP contribution in [0.2, 0.25) is 0 Å². The van der Waals surface area contributed by atoms with E-state index in [0.717, 1.165) is 16.7 Å². The van der Waals surface area contributed by atoms with Crippen molar-refractivity contribution >= 4 is 17.8 Å². The summed E-state index contributed by atoms with van der Waals surface area (Å²) in [5, 5.41) is 13.5. The summed E-state index contributed by atoms with van der Waals surface area (Å²) in [6, 6.07) is 35.2. The number of ether oxygens (including phenoxy) is 9. The number of carbonyl (C=O) groups is 3. The van der Waals surface area contributed by atoms with E-state index in [0.29, 0.717) is 0 Å². The van der Waals surface area contributed by atoms with E-state index in [9.17, 15) is 19.5 Å². The molecule has 0 saturated carbocycles. The fourth-order valence-electron chi connectivity index (χ4n) is 6.95. The van der Waals surface area contributed by atoms with Gasteiger partial charge in [-0.3, -0.25) is 4.79 Å². The van der Waals surface area contributed by atoms with Crippen molar-refractivity contribution in [2.45, 2.75) is 88.1 Å². The molecule has 2 heterocycles. The van der Waals surface area contributed by atoms with Gasteiger partial charge < -0.3 is 53.1 Å². The van der Waals surface area contributed by atoms with Crippen molar-refractivity contribution in [3.05, 3.63) is 144 Å². The van der Waals surface area contributed by atoms with Gasteiger partial charge >= 0.3 is 11.9 Å². The molecular formula is C44H49NO13. The molecule has 10 atom stereocenters. The lowest BCUT2D eigenvalue weighted by Crippen LogP contribution is -2.69. The maximum atomic E-state index is 14.0. The van der Waals surface area contributed by atoms with Crippen molar-refractivity contribution in [1.82, 2.24) is 5.32 Å². The Morgan fingerprint density at radius 1 is 0.621 bits per heavy atom. The molecule has 0 unspecified atom stereocenters. The molecule has 2 N–H and O–H groups in total. The van der Waals surface area contributed by atoms with E-state index < -0.39 is 85.8 Å². The van der Waals surface area contributed by atoms with Crippen molar-refractivity contribution < 1.29 is 62.1 Å². The van der Waals surface area contributed by atoms with E-state index in [-0.39, 0.29) is 25.4 Å². The van der Waals surface area contributed by atoms with E-state index in [2.05, 4.69) is 5.32 Å². The largest absolute Gasteiger partial charge is 0.467 e. The van der Waals surface area contributed by atoms with E-state index >= 15 is 0 Å². The first-order chi connectivity index (χ1) is 28.3. The molecule has 4 aromatic carbocycles. The summed E-state index contributed by atoms with van der Waals surface area (Å²) in [6.45, 7) is 0.915. The maximum absolute atomic E-state index is 14.0. The molecule has 2 fully saturated rings. The number of methoxy groups -OCH3 is 2. The summed E-state index contributed by atoms with van der Waals surface area (Å²) < 4.78 is 56.1. The van der Waals surface area contributed by atoms with Crippen LogP contribution in [0.3, 0.4) is 0 Å². The van der Waals surface area contributed by atoms with E-state index in [1.54, 1.807) is 30.3 Å². The Balaban J connectivity index is 1.44. The van der Waals surface area contributed by atoms with Crippen molar-refractivity contribution in [3.8, 4) is 0 Å². The zero-order valence-electron chi connectivity index (χ0n) is 32.5. The summed E-state index contributed by atoms with van der Waals surface area (Å²) in [7, 11) is 2.60. The van der Waals surface area contributed by atoms with Crippen LogP contribution < -0.4 is 5.32 Å². The van der Waals surface area contributed by atoms with Gasteiger partial charge in [-0.05, 0) is 28.8 Å². The van der Waals surface area contributed by atoms with Gasteiger partial charge in [0.25, 0.3) is 0 Å². The van der Waals surface area contributed by atoms with Crippen LogP contribution in [0.5, 0.6) is 0 Å². The lowest BCUT2D eigenvalue weighted by molar-refractivity contribution is -0.348. The van der Waals surface area contributed by atoms with E-state index in [4.69, 9.17) is 42.6 Å². The number of amides is 1. The molecule has 2 aliphatic heterocycles. The second-order valence-corrected chi connectivity index (χ2v) is 13.8. The Kier molecular flexibility index (Phi) is 15.5. The number of hydrogen-bond acceptors (Lipinski definition) is 13. The molecule has 0 aliphatic carbocycles. The van der Waals surface area contributed by atoms with Gasteiger partial charge in [-0.15, -0.1) is 0 Å². The normalized spacial score (nSPS) is 27.0. The van der Waals surface area contributed by atoms with Gasteiger partial charge in [-0.25, -0.2) is 9.59 Å². The number of nitrogens with one attached hydrogen (secondary N) is 1. The highest BCUT2D eigenvalue weighted by atomic mass is 16.8. The topological polar surface area (TPSA) is 167 Å². The molecule has 0 radical (unpaired) electrons. The lowest BCUT2D eigenvalue weighted by Gasteiger charge is -2.49. The SMILES string of the molecule is COC(=O)[C@H]1O[C@@H](O[C@@H]2[C@@H](NC(C)=O)[C@H](OC)O[C@H](CO)[C@@H]2OCc2ccccc2)[C@H](OC(=O)c2ccccc2)[C@@H](OCc2ccccc2)[C@@H]1OCc1ccccc1. The van der Waals surface area contributed by atoms with Gasteiger partial charge in [0, 0.05) is 14.0 Å². The van der Waals surface area contributed by atoms with Crippen LogP contribution in [-0.2, 0) is 72.0 Å². The summed E-state index contributed by atoms with van der Waals surface area (Å²) in [6.07, 6.45) is -11.3. The van der Waals surface area contributed by atoms with Crippen LogP contribution in [-0.4, -0.2) is 105 Å². The van der Waals surface area contributed by atoms with Crippen LogP contribution in [0, 0.1) is 0 Å². The first kappa shape index (κ1) is 42.6. The van der Waals surface area contributed by atoms with Crippen LogP contribution >= 0.6 is 0 Å². The zero-order valence-corrected chi connectivity index (χ0v) is 32.5. The van der Waals surface area contributed by atoms with Crippen LogP contribution in [0.4, 0.5) is 0 Å². The minimum absolute atomic E-state index is 0.0175. The van der Waals surface area contributed by atoms with Crippen LogP contribution in [0.15, 0.2) is 121 Å². The fourth-order valence-corrected chi connectivity index (χ4v) is 6.95. The molecule has 0 bridgehead atoms. The standard InChI is InChI=1S/C44H49NO13/c1-28(47)45-34-36(35(33(24-46)55-43(34)51-3)52-25-29-16-8-4-9-17-29)57-44-40(56-41(48)32-22-14-7-15-23-32)38(54-27-31-20-12-6-13-21-31)37(39(58-44)42(49)50-2)53-26-30-18-10-5-11-19-30/h4-23,33-40,43-44,46H,24-27H2,1-3H3,(H,45,47)/t33-,34-,35+,36-,37+,38+,39+,40-,43-,44-/m1/s1. The van der Waals surface area contributed by atoms with E-state index in [1.807, 2.05) is 91.0 Å². The van der Waals surface area contributed by atoms with Gasteiger partial charge in [0.15, 0.2) is 24.8 Å². The summed E-state index contributed by atoms with van der Waals surface area (Å²) in [5.41, 5.74) is 2.62. The van der Waals surface area contributed by atoms with Gasteiger partial charge in [0.05, 0.1) is 39.1 Å². The molecule has 1 amide bonds. The number of rotatable bonds is 17. The smallest absolute Gasteiger partial charge is 0.338 e. The molecule has 0 aromatic heterocycles. The van der Waals surface area contributed by atoms with Crippen molar-refractivity contribution in [2.75, 3.05) is 20.8 Å². The summed E-state index contributed by atoms with van der Waals surface area (Å²) in [5.74, 6) is -1.99. The van der Waals surface area contributed by atoms with Gasteiger partial charge in [-0.2, -0.15) is 0 Å². The number of aliphatic hydroxyl groups is 1. The monoisotopic (exact) mass is 799 g/mol. The molecule has 6 rings (SSSR count). The third-order valence-electron chi connectivity index (χ3n) is 9.76. The van der Waals surface area contributed by atoms with Crippen LogP contribution in [0.1, 0.15) is 34.0 Å². The quantitative estimate of drug-likeness (QED) is 0.147. The first-order valence-electron chi connectivity index (χ1n) is 19.0. The molecule has 14 nitrogen and oxygen atoms in total. The third-order valence-corrected chi connectivity index (χ3v) is 9.76. The molecule has 14 heteroatoms. The first-order valence-corrected chi connectivity index (χ1v) is 19.0. The Morgan fingerprint density at radius 2 is 1.12 bits per heavy atom. The Hall–Kier alpha value is -5.03. The minimum atomic E-state index is -1.59. The fraction of sp³-hybridized carbons (Fsp3) is 0.386. The molecule has 2 saturated heterocycles. The average Bonchev–Trinajstić information content (AvgIpc) is 3.26. The van der Waals surface area contributed by atoms with E-state index in [1.165, 1.54) is 21.1 Å². The van der Waals surface area contributed by atoms with Crippen LogP contribution in [0.25, 0.3) is 0 Å². The zero-order chi connectivity index (χ0) is 40.9. The number of aliphatic hydroxyl groups excluding tert-OH is 1. The highest BCUT2D eigenvalue weighted by Gasteiger charge is 2.56. The van der Waals surface area contributed by atoms with Crippen molar-refractivity contribution in [3.63, 3.8) is 0 Å². The number of hydrogen-bond donors (Lipinski definition) is 2. The second kappa shape index (κ2) is 21.1. The Bertz CT molecular complexity index is 1870. The summed E-state index contributed by atoms with van der Waals surface area (Å²) in [4.78, 5) is 40.4. The third kappa shape index (κ3) is 10.9. The molecular weight excluding hydrogens is 750 g/mol. The second-order valence-electron chi connectivity index (χ2n) is 13.8. The number of carbonyl (C=O) groups excluding carboxylic acids is 3. The molecule has 4 aromatic rings. The Morgan fingerprint density at radius 3 is 1.60 bits per heavy atom. The number of esters is 2. The molecule has 2 aliphatic rings. The van der Waals surface area contributed by atoms with Gasteiger partial charge in [0.2, 0.25) is 5.91 Å². The Labute approximate surface area is 337 Å². The van der Waals surface area contributed by atoms with Gasteiger partial charge in [0.1, 0.15) is 36.6 Å². The lowest BCUT2D eigenvalue weighted by atomic mass is 9.94. The maximum Gasteiger partial charge on any atom is 0.338 e. The molecule has 308 valence electrons.